The van der Waals surface area contributed by atoms with Crippen LogP contribution in [0.2, 0.25) is 0 Å². The number of benzene rings is 2. The van der Waals surface area contributed by atoms with E-state index in [2.05, 4.69) is 15.9 Å². The van der Waals surface area contributed by atoms with E-state index in [4.69, 9.17) is 11.6 Å². The van der Waals surface area contributed by atoms with Crippen molar-refractivity contribution in [1.82, 2.24) is 0 Å². The van der Waals surface area contributed by atoms with E-state index < -0.39 is 17.0 Å². The van der Waals surface area contributed by atoms with Gasteiger partial charge in [-0.1, -0.05) is 28.1 Å². The van der Waals surface area contributed by atoms with Gasteiger partial charge in [0.1, 0.15) is 5.82 Å². The first kappa shape index (κ1) is 14.4. The summed E-state index contributed by atoms with van der Waals surface area (Å²) >= 11 is 9.45. The van der Waals surface area contributed by atoms with Gasteiger partial charge in [-0.3, -0.25) is 0 Å². The van der Waals surface area contributed by atoms with Gasteiger partial charge in [-0.15, -0.1) is 11.6 Å². The molecule has 0 aromatic heterocycles. The first-order valence-corrected chi connectivity index (χ1v) is 6.73. The van der Waals surface area contributed by atoms with Crippen molar-refractivity contribution in [1.29, 1.82) is 0 Å². The molecule has 19 heavy (non-hydrogen) atoms. The molecule has 100 valence electrons. The van der Waals surface area contributed by atoms with Gasteiger partial charge < -0.3 is 0 Å². The Kier molecular flexibility index (Phi) is 4.53. The Bertz CT molecular complexity index is 601. The van der Waals surface area contributed by atoms with Crippen LogP contribution in [-0.4, -0.2) is 0 Å². The maximum Gasteiger partial charge on any atom is 0.159 e. The highest BCUT2D eigenvalue weighted by molar-refractivity contribution is 9.10. The summed E-state index contributed by atoms with van der Waals surface area (Å²) in [5.41, 5.74) is 1.28. The molecular weight excluding hydrogens is 341 g/mol. The molecule has 1 unspecified atom stereocenters. The molecule has 0 amide bonds. The second-order valence-corrected chi connectivity index (χ2v) is 5.47. The number of halogens is 5. The fourth-order valence-corrected chi connectivity index (χ4v) is 2.87. The molecule has 2 aromatic carbocycles. The molecular formula is C14H9BrClF3. The van der Waals surface area contributed by atoms with Crippen LogP contribution in [0.15, 0.2) is 40.9 Å². The van der Waals surface area contributed by atoms with Gasteiger partial charge in [-0.2, -0.15) is 0 Å². The molecule has 1 atom stereocenters. The van der Waals surface area contributed by atoms with Crippen LogP contribution >= 0.6 is 27.5 Å². The number of hydrogen-bond acceptors (Lipinski definition) is 0. The second kappa shape index (κ2) is 5.97. The Morgan fingerprint density at radius 3 is 2.37 bits per heavy atom. The van der Waals surface area contributed by atoms with Crippen molar-refractivity contribution < 1.29 is 13.2 Å². The first-order chi connectivity index (χ1) is 8.97. The minimum atomic E-state index is -0.903. The lowest BCUT2D eigenvalue weighted by molar-refractivity contribution is 0.507. The largest absolute Gasteiger partial charge is 0.207 e. The van der Waals surface area contributed by atoms with Crippen LogP contribution in [-0.2, 0) is 6.42 Å². The molecule has 0 N–H and O–H groups in total. The Hall–Kier alpha value is -1.00. The van der Waals surface area contributed by atoms with Crippen molar-refractivity contribution >= 4 is 27.5 Å². The van der Waals surface area contributed by atoms with Crippen molar-refractivity contribution in [2.75, 3.05) is 0 Å². The number of rotatable bonds is 3. The van der Waals surface area contributed by atoms with Gasteiger partial charge >= 0.3 is 0 Å². The zero-order chi connectivity index (χ0) is 14.0. The highest BCUT2D eigenvalue weighted by Gasteiger charge is 2.14. The van der Waals surface area contributed by atoms with Crippen molar-refractivity contribution in [2.45, 2.75) is 11.8 Å². The predicted molar refractivity (Wildman–Crippen MR) is 72.8 cm³/mol. The standard InChI is InChI=1S/C14H9BrClF3/c15-11-7-9(17)2-3-10(11)12(16)5-8-1-4-13(18)14(19)6-8/h1-4,6-7,12H,5H2. The highest BCUT2D eigenvalue weighted by atomic mass is 79.9. The van der Waals surface area contributed by atoms with Crippen LogP contribution in [0.1, 0.15) is 16.5 Å². The summed E-state index contributed by atoms with van der Waals surface area (Å²) in [6.07, 6.45) is 0.322. The van der Waals surface area contributed by atoms with Crippen LogP contribution in [0.25, 0.3) is 0 Å². The molecule has 0 aliphatic rings. The summed E-state index contributed by atoms with van der Waals surface area (Å²) in [6.45, 7) is 0. The Morgan fingerprint density at radius 1 is 1.00 bits per heavy atom. The third kappa shape index (κ3) is 3.51. The lowest BCUT2D eigenvalue weighted by Gasteiger charge is -2.12. The number of alkyl halides is 1. The van der Waals surface area contributed by atoms with E-state index in [9.17, 15) is 13.2 Å². The van der Waals surface area contributed by atoms with Crippen molar-refractivity contribution in [3.8, 4) is 0 Å². The predicted octanol–water partition coefficient (Wildman–Crippen LogP) is 5.39. The van der Waals surface area contributed by atoms with E-state index >= 15 is 0 Å². The smallest absolute Gasteiger partial charge is 0.159 e. The van der Waals surface area contributed by atoms with Gasteiger partial charge in [0, 0.05) is 4.47 Å². The molecule has 0 saturated heterocycles. The second-order valence-electron chi connectivity index (χ2n) is 4.09. The molecule has 2 rings (SSSR count). The van der Waals surface area contributed by atoms with Crippen LogP contribution in [0.3, 0.4) is 0 Å². The molecule has 0 bridgehead atoms. The Labute approximate surface area is 122 Å². The minimum Gasteiger partial charge on any atom is -0.207 e. The average Bonchev–Trinajstić information content (AvgIpc) is 2.33. The molecule has 5 heteroatoms. The summed E-state index contributed by atoms with van der Waals surface area (Å²) in [5, 5.41) is -0.458. The molecule has 0 aliphatic carbocycles. The molecule has 2 aromatic rings. The molecule has 0 aliphatic heterocycles. The zero-order valence-corrected chi connectivity index (χ0v) is 12.0. The lowest BCUT2D eigenvalue weighted by atomic mass is 10.0. The quantitative estimate of drug-likeness (QED) is 0.652. The van der Waals surface area contributed by atoms with Gasteiger partial charge in [-0.25, -0.2) is 13.2 Å². The fraction of sp³-hybridized carbons (Fsp3) is 0.143. The van der Waals surface area contributed by atoms with E-state index in [1.165, 1.54) is 18.2 Å². The molecule has 0 nitrogen and oxygen atoms in total. The van der Waals surface area contributed by atoms with Crippen LogP contribution < -0.4 is 0 Å². The van der Waals surface area contributed by atoms with Gasteiger partial charge in [0.25, 0.3) is 0 Å². The van der Waals surface area contributed by atoms with E-state index in [1.54, 1.807) is 6.07 Å². The third-order valence-electron chi connectivity index (χ3n) is 2.70. The fourth-order valence-electron chi connectivity index (χ4n) is 1.74. The maximum absolute atomic E-state index is 13.1. The van der Waals surface area contributed by atoms with Crippen molar-refractivity contribution in [2.24, 2.45) is 0 Å². The molecule has 0 spiro atoms. The Morgan fingerprint density at radius 2 is 1.74 bits per heavy atom. The van der Waals surface area contributed by atoms with E-state index in [0.29, 0.717) is 22.0 Å². The van der Waals surface area contributed by atoms with Crippen LogP contribution in [0.4, 0.5) is 13.2 Å². The Balaban J connectivity index is 2.20. The molecule has 0 heterocycles. The van der Waals surface area contributed by atoms with Crippen LogP contribution in [0.5, 0.6) is 0 Å². The third-order valence-corrected chi connectivity index (χ3v) is 3.78. The summed E-state index contributed by atoms with van der Waals surface area (Å²) in [7, 11) is 0. The summed E-state index contributed by atoms with van der Waals surface area (Å²) in [6, 6.07) is 7.84. The lowest BCUT2D eigenvalue weighted by Crippen LogP contribution is -1.99. The van der Waals surface area contributed by atoms with Crippen LogP contribution in [0, 0.1) is 17.5 Å². The summed E-state index contributed by atoms with van der Waals surface area (Å²) in [4.78, 5) is 0. The van der Waals surface area contributed by atoms with Crippen molar-refractivity contribution in [3.63, 3.8) is 0 Å². The van der Waals surface area contributed by atoms with E-state index in [0.717, 1.165) is 12.1 Å². The van der Waals surface area contributed by atoms with E-state index in [1.807, 2.05) is 0 Å². The minimum absolute atomic E-state index is 0.322. The molecule has 0 radical (unpaired) electrons. The SMILES string of the molecule is Fc1ccc(C(Cl)Cc2ccc(F)c(F)c2)c(Br)c1. The van der Waals surface area contributed by atoms with E-state index in [-0.39, 0.29) is 5.82 Å². The van der Waals surface area contributed by atoms with Gasteiger partial charge in [0.05, 0.1) is 5.38 Å². The van der Waals surface area contributed by atoms with Gasteiger partial charge in [0.2, 0.25) is 0 Å². The normalized spacial score (nSPS) is 12.5. The number of hydrogen-bond donors (Lipinski definition) is 0. The zero-order valence-electron chi connectivity index (χ0n) is 9.64. The molecule has 0 saturated carbocycles. The summed E-state index contributed by atoms with van der Waals surface area (Å²) in [5.74, 6) is -2.16. The summed E-state index contributed by atoms with van der Waals surface area (Å²) < 4.78 is 39.4. The van der Waals surface area contributed by atoms with Crippen molar-refractivity contribution in [3.05, 3.63) is 69.4 Å². The monoisotopic (exact) mass is 348 g/mol. The topological polar surface area (TPSA) is 0 Å². The highest BCUT2D eigenvalue weighted by Crippen LogP contribution is 2.31. The molecule has 0 fully saturated rings. The average molecular weight is 350 g/mol. The first-order valence-electron chi connectivity index (χ1n) is 5.50. The van der Waals surface area contributed by atoms with Gasteiger partial charge in [0.15, 0.2) is 11.6 Å². The maximum atomic E-state index is 13.1. The van der Waals surface area contributed by atoms with Gasteiger partial charge in [-0.05, 0) is 41.8 Å².